The fraction of sp³-hybridized carbons (Fsp3) is 0.0667. The molecule has 1 aliphatic rings. The number of hydrogen-bond acceptors (Lipinski definition) is 2. The molecular weight excluding hydrogens is 323 g/mol. The predicted octanol–water partition coefficient (Wildman–Crippen LogP) is 3.38. The van der Waals surface area contributed by atoms with E-state index in [1.54, 1.807) is 18.2 Å². The van der Waals surface area contributed by atoms with Crippen molar-refractivity contribution in [1.29, 1.82) is 0 Å². The summed E-state index contributed by atoms with van der Waals surface area (Å²) in [5.74, 6) is -1.49. The van der Waals surface area contributed by atoms with Gasteiger partial charge in [-0.05, 0) is 30.3 Å². The molecule has 20 heavy (non-hydrogen) atoms. The number of amides is 1. The Labute approximate surface area is 129 Å². The maximum atomic E-state index is 14.6. The van der Waals surface area contributed by atoms with Crippen LogP contribution >= 0.6 is 15.9 Å². The molecule has 1 heterocycles. The molecule has 2 aromatic carbocycles. The van der Waals surface area contributed by atoms with E-state index in [1.807, 2.05) is 0 Å². The van der Waals surface area contributed by atoms with Gasteiger partial charge in [-0.2, -0.15) is 0 Å². The van der Waals surface area contributed by atoms with E-state index in [1.165, 1.54) is 0 Å². The zero-order chi connectivity index (χ0) is 17.6. The second kappa shape index (κ2) is 5.17. The first-order valence-corrected chi connectivity index (χ1v) is 6.51. The first-order valence-electron chi connectivity index (χ1n) is 7.71. The van der Waals surface area contributed by atoms with Crippen LogP contribution in [0.2, 0.25) is 0 Å². The van der Waals surface area contributed by atoms with E-state index in [0.29, 0.717) is 15.7 Å². The molecule has 0 aliphatic carbocycles. The third-order valence-corrected chi connectivity index (χ3v) is 3.26. The second-order valence-corrected chi connectivity index (χ2v) is 5.01. The van der Waals surface area contributed by atoms with Crippen molar-refractivity contribution < 1.29 is 14.7 Å². The molecule has 0 saturated heterocycles. The van der Waals surface area contributed by atoms with Gasteiger partial charge in [0.2, 0.25) is 5.91 Å². The van der Waals surface area contributed by atoms with Crippen molar-refractivity contribution in [3.8, 4) is 0 Å². The molecule has 0 spiro atoms. The van der Waals surface area contributed by atoms with Gasteiger partial charge in [-0.25, -0.2) is 4.39 Å². The maximum absolute atomic E-state index is 14.6. The minimum Gasteiger partial charge on any atom is -0.324 e. The highest BCUT2D eigenvalue weighted by Crippen LogP contribution is 2.27. The lowest BCUT2D eigenvalue weighted by Gasteiger charge is -2.11. The largest absolute Gasteiger partial charge is 0.324 e. The Morgan fingerprint density at radius 1 is 1.30 bits per heavy atom. The van der Waals surface area contributed by atoms with Gasteiger partial charge in [0.25, 0.3) is 0 Å². The molecule has 1 aliphatic heterocycles. The van der Waals surface area contributed by atoms with E-state index in [0.717, 1.165) is 0 Å². The lowest BCUT2D eigenvalue weighted by Crippen LogP contribution is -2.13. The van der Waals surface area contributed by atoms with Crippen molar-refractivity contribution in [2.45, 2.75) is 0 Å². The summed E-state index contributed by atoms with van der Waals surface area (Å²) in [4.78, 5) is 15.9. The molecule has 0 unspecified atom stereocenters. The summed E-state index contributed by atoms with van der Waals surface area (Å²) in [6.45, 7) is -0.274. The SMILES string of the molecule is [2H]c1c([2H])c([2H])c(C2=NCC(=O)Nc3ccc(Br)cc32)c(F)c1[2H]. The minimum atomic E-state index is -1.10. The van der Waals surface area contributed by atoms with Crippen molar-refractivity contribution in [3.63, 3.8) is 0 Å². The van der Waals surface area contributed by atoms with Crippen molar-refractivity contribution in [2.24, 2.45) is 4.99 Å². The molecule has 1 amide bonds. The van der Waals surface area contributed by atoms with Crippen LogP contribution in [0, 0.1) is 5.82 Å². The van der Waals surface area contributed by atoms with Gasteiger partial charge in [0, 0.05) is 15.6 Å². The number of carbonyl (C=O) groups excluding carboxylic acids is 1. The lowest BCUT2D eigenvalue weighted by atomic mass is 10.0. The number of nitrogens with one attached hydrogen (secondary N) is 1. The zero-order valence-electron chi connectivity index (χ0n) is 14.1. The number of hydrogen-bond donors (Lipinski definition) is 1. The number of nitrogens with zero attached hydrogens (tertiary/aromatic N) is 1. The van der Waals surface area contributed by atoms with Crippen LogP contribution in [-0.4, -0.2) is 18.2 Å². The van der Waals surface area contributed by atoms with E-state index >= 15 is 0 Å². The Morgan fingerprint density at radius 2 is 2.10 bits per heavy atom. The van der Waals surface area contributed by atoms with E-state index in [9.17, 15) is 9.18 Å². The Hall–Kier alpha value is -2.01. The van der Waals surface area contributed by atoms with Gasteiger partial charge in [-0.3, -0.25) is 9.79 Å². The first kappa shape index (κ1) is 9.02. The van der Waals surface area contributed by atoms with Gasteiger partial charge < -0.3 is 5.32 Å². The monoisotopic (exact) mass is 336 g/mol. The van der Waals surface area contributed by atoms with Gasteiger partial charge in [0.1, 0.15) is 12.4 Å². The molecule has 1 N–H and O–H groups in total. The molecule has 0 bridgehead atoms. The van der Waals surface area contributed by atoms with Crippen LogP contribution in [0.5, 0.6) is 0 Å². The smallest absolute Gasteiger partial charge is 0.246 e. The maximum Gasteiger partial charge on any atom is 0.246 e. The van der Waals surface area contributed by atoms with E-state index in [-0.39, 0.29) is 17.8 Å². The van der Waals surface area contributed by atoms with Crippen LogP contribution in [0.4, 0.5) is 10.1 Å². The van der Waals surface area contributed by atoms with E-state index in [4.69, 9.17) is 5.48 Å². The highest BCUT2D eigenvalue weighted by molar-refractivity contribution is 9.10. The summed E-state index contributed by atoms with van der Waals surface area (Å²) in [7, 11) is 0. The Kier molecular flexibility index (Phi) is 2.33. The molecule has 0 aromatic heterocycles. The highest BCUT2D eigenvalue weighted by Gasteiger charge is 2.20. The molecule has 0 atom stereocenters. The van der Waals surface area contributed by atoms with Crippen LogP contribution in [0.1, 0.15) is 16.6 Å². The fourth-order valence-electron chi connectivity index (χ4n) is 1.92. The summed E-state index contributed by atoms with van der Waals surface area (Å²) in [5.41, 5.74) is 0.427. The van der Waals surface area contributed by atoms with Crippen LogP contribution < -0.4 is 5.32 Å². The van der Waals surface area contributed by atoms with Crippen LogP contribution in [0.25, 0.3) is 0 Å². The van der Waals surface area contributed by atoms with Crippen LogP contribution in [0.15, 0.2) is 51.8 Å². The molecular formula is C15H10BrFN2O. The average molecular weight is 337 g/mol. The molecule has 5 heteroatoms. The standard InChI is InChI=1S/C15H10BrFN2O/c16-9-5-6-13-11(7-9)15(18-8-14(20)19-13)10-3-1-2-4-12(10)17/h1-7H,8H2,(H,19,20)/i1D,2D,3D,4D. The van der Waals surface area contributed by atoms with Crippen LogP contribution in [0.3, 0.4) is 0 Å². The van der Waals surface area contributed by atoms with Crippen molar-refractivity contribution in [2.75, 3.05) is 11.9 Å². The normalized spacial score (nSPS) is 16.9. The number of halogens is 2. The molecule has 100 valence electrons. The Balaban J connectivity index is 2.35. The number of fused-ring (bicyclic) bond motifs is 1. The van der Waals surface area contributed by atoms with Gasteiger partial charge in [0.15, 0.2) is 0 Å². The number of benzodiazepines with no additional fused rings is 1. The minimum absolute atomic E-state index is 0.00847. The topological polar surface area (TPSA) is 41.5 Å². The number of aliphatic imine (C=N–C) groups is 1. The van der Waals surface area contributed by atoms with Crippen LogP contribution in [-0.2, 0) is 4.79 Å². The van der Waals surface area contributed by atoms with E-state index in [2.05, 4.69) is 26.2 Å². The Bertz CT molecular complexity index is 888. The molecule has 0 fully saturated rings. The lowest BCUT2D eigenvalue weighted by molar-refractivity contribution is -0.114. The number of anilines is 1. The van der Waals surface area contributed by atoms with Crippen molar-refractivity contribution in [3.05, 3.63) is 63.8 Å². The first-order chi connectivity index (χ1) is 11.3. The summed E-state index contributed by atoms with van der Waals surface area (Å²) in [6, 6.07) is 2.40. The predicted molar refractivity (Wildman–Crippen MR) is 79.7 cm³/mol. The number of carbonyl (C=O) groups is 1. The van der Waals surface area contributed by atoms with Gasteiger partial charge >= 0.3 is 0 Å². The molecule has 3 nitrogen and oxygen atoms in total. The summed E-state index contributed by atoms with van der Waals surface area (Å²) >= 11 is 3.30. The molecule has 3 rings (SSSR count). The van der Waals surface area contributed by atoms with Gasteiger partial charge in [0.05, 0.1) is 16.9 Å². The molecule has 0 saturated carbocycles. The van der Waals surface area contributed by atoms with Gasteiger partial charge in [-0.15, -0.1) is 0 Å². The molecule has 2 aromatic rings. The molecule has 0 radical (unpaired) electrons. The van der Waals surface area contributed by atoms with Crippen molar-refractivity contribution in [1.82, 2.24) is 0 Å². The fourth-order valence-corrected chi connectivity index (χ4v) is 2.28. The zero-order valence-corrected chi connectivity index (χ0v) is 11.6. The number of benzene rings is 2. The van der Waals surface area contributed by atoms with E-state index < -0.39 is 35.9 Å². The summed E-state index contributed by atoms with van der Waals surface area (Å²) < 4.78 is 46.2. The quantitative estimate of drug-likeness (QED) is 0.852. The number of rotatable bonds is 1. The Morgan fingerprint density at radius 3 is 2.95 bits per heavy atom. The third-order valence-electron chi connectivity index (χ3n) is 2.77. The summed E-state index contributed by atoms with van der Waals surface area (Å²) in [6.07, 6.45) is 0. The highest BCUT2D eigenvalue weighted by atomic mass is 79.9. The summed E-state index contributed by atoms with van der Waals surface area (Å²) in [5, 5.41) is 2.64. The third kappa shape index (κ3) is 2.36. The average Bonchev–Trinajstić information content (AvgIpc) is 2.70. The van der Waals surface area contributed by atoms with Gasteiger partial charge in [-0.1, -0.05) is 28.0 Å². The second-order valence-electron chi connectivity index (χ2n) is 4.09. The van der Waals surface area contributed by atoms with Crippen molar-refractivity contribution >= 4 is 33.2 Å².